The number of carbonyl (C=O) groups is 2. The van der Waals surface area contributed by atoms with Gasteiger partial charge in [-0.1, -0.05) is 24.3 Å². The zero-order chi connectivity index (χ0) is 28.9. The molecule has 10 nitrogen and oxygen atoms in total. The van der Waals surface area contributed by atoms with Crippen LogP contribution in [-0.4, -0.2) is 64.4 Å². The highest BCUT2D eigenvalue weighted by atomic mass is 16.6. The fourth-order valence-corrected chi connectivity index (χ4v) is 6.19. The molecule has 2 atom stereocenters. The van der Waals surface area contributed by atoms with Gasteiger partial charge in [-0.2, -0.15) is 0 Å². The Balaban J connectivity index is 1.37. The number of benzene rings is 2. The van der Waals surface area contributed by atoms with Crippen molar-refractivity contribution in [1.29, 1.82) is 0 Å². The summed E-state index contributed by atoms with van der Waals surface area (Å²) in [6, 6.07) is 14.4. The van der Waals surface area contributed by atoms with Gasteiger partial charge in [0.2, 0.25) is 11.8 Å². The summed E-state index contributed by atoms with van der Waals surface area (Å²) < 4.78 is 5.44. The molecule has 1 aliphatic heterocycles. The maximum atomic E-state index is 13.7. The zero-order valence-electron chi connectivity index (χ0n) is 23.7. The summed E-state index contributed by atoms with van der Waals surface area (Å²) in [5, 5.41) is 14.4. The molecule has 0 bridgehead atoms. The summed E-state index contributed by atoms with van der Waals surface area (Å²) in [4.78, 5) is 42.0. The number of hydrogen-bond acceptors (Lipinski definition) is 7. The summed E-state index contributed by atoms with van der Waals surface area (Å²) in [7, 11) is 1.64. The molecule has 1 unspecified atom stereocenters. The van der Waals surface area contributed by atoms with Crippen molar-refractivity contribution in [3.63, 3.8) is 0 Å². The number of nitrogens with one attached hydrogen (secondary N) is 1. The minimum absolute atomic E-state index is 0.0372. The van der Waals surface area contributed by atoms with E-state index < -0.39 is 11.0 Å². The third-order valence-electron chi connectivity index (χ3n) is 8.77. The standard InChI is InChI=1S/C31H41N5O5/c1-41-28-4-2-3-22(17-28)20-34(19-21-5-13-26(14-6-21)36(39)40)27-15-16-35(31(38)23-7-8-23)29(18-27)30(37)33-25-11-9-24(32)10-12-25/h2-6,13-14,17,23-25,27,29H,7-12,15-16,18-20,32H2,1H3,(H,33,37)/t24?,25?,27?,29-/m1/s1. The summed E-state index contributed by atoms with van der Waals surface area (Å²) in [6.45, 7) is 1.71. The molecule has 0 radical (unpaired) electrons. The van der Waals surface area contributed by atoms with E-state index in [4.69, 9.17) is 10.5 Å². The molecular weight excluding hydrogens is 522 g/mol. The fraction of sp³-hybridized carbons (Fsp3) is 0.548. The number of rotatable bonds is 10. The van der Waals surface area contributed by atoms with Gasteiger partial charge in [0.05, 0.1) is 12.0 Å². The molecule has 2 saturated carbocycles. The van der Waals surface area contributed by atoms with Crippen molar-refractivity contribution in [2.75, 3.05) is 13.7 Å². The van der Waals surface area contributed by atoms with Crippen molar-refractivity contribution >= 4 is 17.5 Å². The molecule has 1 saturated heterocycles. The average Bonchev–Trinajstić information content (AvgIpc) is 3.83. The Bertz CT molecular complexity index is 1230. The molecule has 3 fully saturated rings. The SMILES string of the molecule is COc1cccc(CN(Cc2ccc([N+](=O)[O-])cc2)C2CCN(C(=O)C3CC3)[C@@H](C(=O)NC3CCC(N)CC3)C2)c1. The first-order valence-corrected chi connectivity index (χ1v) is 14.8. The van der Waals surface area contributed by atoms with Gasteiger partial charge in [-0.3, -0.25) is 24.6 Å². The number of likely N-dealkylation sites (tertiary alicyclic amines) is 1. The summed E-state index contributed by atoms with van der Waals surface area (Å²) in [5.41, 5.74) is 8.16. The summed E-state index contributed by atoms with van der Waals surface area (Å²) >= 11 is 0. The third-order valence-corrected chi connectivity index (χ3v) is 8.77. The van der Waals surface area contributed by atoms with Crippen LogP contribution in [-0.2, 0) is 22.7 Å². The molecule has 2 aromatic carbocycles. The van der Waals surface area contributed by atoms with Crippen LogP contribution in [0, 0.1) is 16.0 Å². The number of piperidine rings is 1. The quantitative estimate of drug-likeness (QED) is 0.332. The Morgan fingerprint density at radius 3 is 2.39 bits per heavy atom. The number of amides is 2. The molecule has 3 aliphatic rings. The largest absolute Gasteiger partial charge is 0.497 e. The van der Waals surface area contributed by atoms with Crippen molar-refractivity contribution in [2.45, 2.75) is 88.6 Å². The lowest BCUT2D eigenvalue weighted by molar-refractivity contribution is -0.384. The Morgan fingerprint density at radius 1 is 1.02 bits per heavy atom. The molecule has 41 heavy (non-hydrogen) atoms. The minimum Gasteiger partial charge on any atom is -0.497 e. The van der Waals surface area contributed by atoms with Gasteiger partial charge in [0.25, 0.3) is 5.69 Å². The lowest BCUT2D eigenvalue weighted by atomic mass is 9.90. The average molecular weight is 564 g/mol. The number of nitrogens with zero attached hydrogens (tertiary/aromatic N) is 3. The van der Waals surface area contributed by atoms with Gasteiger partial charge in [-0.05, 0) is 74.6 Å². The Morgan fingerprint density at radius 2 is 1.73 bits per heavy atom. The smallest absolute Gasteiger partial charge is 0.269 e. The second kappa shape index (κ2) is 13.0. The maximum absolute atomic E-state index is 13.7. The van der Waals surface area contributed by atoms with Crippen LogP contribution in [0.2, 0.25) is 0 Å². The first-order chi connectivity index (χ1) is 19.8. The van der Waals surface area contributed by atoms with E-state index in [2.05, 4.69) is 16.3 Å². The lowest BCUT2D eigenvalue weighted by Gasteiger charge is -2.43. The van der Waals surface area contributed by atoms with Crippen molar-refractivity contribution in [1.82, 2.24) is 15.1 Å². The molecular formula is C31H41N5O5. The van der Waals surface area contributed by atoms with Gasteiger partial charge in [0.1, 0.15) is 11.8 Å². The van der Waals surface area contributed by atoms with E-state index in [1.54, 1.807) is 19.2 Å². The van der Waals surface area contributed by atoms with Gasteiger partial charge in [-0.25, -0.2) is 0 Å². The predicted molar refractivity (Wildman–Crippen MR) is 155 cm³/mol. The van der Waals surface area contributed by atoms with Gasteiger partial charge in [-0.15, -0.1) is 0 Å². The monoisotopic (exact) mass is 563 g/mol. The van der Waals surface area contributed by atoms with Crippen LogP contribution in [0.1, 0.15) is 62.5 Å². The van der Waals surface area contributed by atoms with E-state index >= 15 is 0 Å². The van der Waals surface area contributed by atoms with Crippen molar-refractivity contribution in [3.05, 3.63) is 69.8 Å². The Kier molecular flexibility index (Phi) is 9.19. The first-order valence-electron chi connectivity index (χ1n) is 14.8. The predicted octanol–water partition coefficient (Wildman–Crippen LogP) is 3.76. The lowest BCUT2D eigenvalue weighted by Crippen LogP contribution is -2.58. The Hall–Kier alpha value is -3.50. The molecule has 1 heterocycles. The van der Waals surface area contributed by atoms with Gasteiger partial charge in [0.15, 0.2) is 0 Å². The number of nitro benzene ring substituents is 1. The van der Waals surface area contributed by atoms with Gasteiger partial charge >= 0.3 is 0 Å². The van der Waals surface area contributed by atoms with Crippen LogP contribution >= 0.6 is 0 Å². The highest BCUT2D eigenvalue weighted by Gasteiger charge is 2.43. The molecule has 0 spiro atoms. The van der Waals surface area contributed by atoms with Crippen LogP contribution in [0.5, 0.6) is 5.75 Å². The highest BCUT2D eigenvalue weighted by Crippen LogP contribution is 2.35. The molecule has 2 aromatic rings. The highest BCUT2D eigenvalue weighted by molar-refractivity contribution is 5.89. The van der Waals surface area contributed by atoms with Crippen molar-refractivity contribution in [2.24, 2.45) is 11.7 Å². The second-order valence-corrected chi connectivity index (χ2v) is 11.8. The number of methoxy groups -OCH3 is 1. The molecule has 220 valence electrons. The first kappa shape index (κ1) is 29.0. The number of carbonyl (C=O) groups excluding carboxylic acids is 2. The Labute approximate surface area is 241 Å². The van der Waals surface area contributed by atoms with Crippen LogP contribution in [0.15, 0.2) is 48.5 Å². The number of non-ortho nitro benzene ring substituents is 1. The van der Waals surface area contributed by atoms with E-state index in [-0.39, 0.29) is 41.5 Å². The minimum atomic E-state index is -0.526. The number of hydrogen-bond donors (Lipinski definition) is 2. The van der Waals surface area contributed by atoms with Gasteiger partial charge < -0.3 is 20.7 Å². The van der Waals surface area contributed by atoms with E-state index in [0.717, 1.165) is 61.8 Å². The van der Waals surface area contributed by atoms with Crippen LogP contribution in [0.4, 0.5) is 5.69 Å². The number of nitrogens with two attached hydrogens (primary N) is 1. The fourth-order valence-electron chi connectivity index (χ4n) is 6.19. The molecule has 0 aromatic heterocycles. The van der Waals surface area contributed by atoms with Crippen LogP contribution in [0.25, 0.3) is 0 Å². The topological polar surface area (TPSA) is 131 Å². The van der Waals surface area contributed by atoms with Crippen molar-refractivity contribution < 1.29 is 19.2 Å². The number of nitro groups is 1. The molecule has 2 amide bonds. The van der Waals surface area contributed by atoms with Gasteiger partial charge in [0, 0.05) is 55.8 Å². The maximum Gasteiger partial charge on any atom is 0.269 e. The molecule has 5 rings (SSSR count). The second-order valence-electron chi connectivity index (χ2n) is 11.8. The summed E-state index contributed by atoms with van der Waals surface area (Å²) in [5.74, 6) is 0.847. The van der Waals surface area contributed by atoms with E-state index in [0.29, 0.717) is 26.1 Å². The zero-order valence-corrected chi connectivity index (χ0v) is 23.7. The summed E-state index contributed by atoms with van der Waals surface area (Å²) in [6.07, 6.45) is 6.60. The van der Waals surface area contributed by atoms with Crippen LogP contribution in [0.3, 0.4) is 0 Å². The normalized spacial score (nSPS) is 24.6. The molecule has 3 N–H and O–H groups in total. The third kappa shape index (κ3) is 7.42. The molecule has 10 heteroatoms. The van der Waals surface area contributed by atoms with E-state index in [9.17, 15) is 19.7 Å². The number of ether oxygens (including phenoxy) is 1. The molecule has 2 aliphatic carbocycles. The van der Waals surface area contributed by atoms with E-state index in [1.807, 2.05) is 23.1 Å². The van der Waals surface area contributed by atoms with Crippen molar-refractivity contribution in [3.8, 4) is 5.75 Å². The van der Waals surface area contributed by atoms with E-state index in [1.165, 1.54) is 12.1 Å². The van der Waals surface area contributed by atoms with Crippen LogP contribution < -0.4 is 15.8 Å².